The lowest BCUT2D eigenvalue weighted by molar-refractivity contribution is -0.258. The number of hydrogen-bond acceptors (Lipinski definition) is 2. The van der Waals surface area contributed by atoms with Gasteiger partial charge in [-0.1, -0.05) is 24.3 Å². The van der Waals surface area contributed by atoms with Gasteiger partial charge in [-0.15, -0.1) is 0 Å². The minimum absolute atomic E-state index is 0.0468. The lowest BCUT2D eigenvalue weighted by Gasteiger charge is -2.30. The van der Waals surface area contributed by atoms with Crippen molar-refractivity contribution >= 4 is 5.91 Å². The Morgan fingerprint density at radius 2 is 1.61 bits per heavy atom. The summed E-state index contributed by atoms with van der Waals surface area (Å²) in [5.74, 6) is -0.676. The van der Waals surface area contributed by atoms with Crippen LogP contribution in [0.5, 0.6) is 0 Å². The number of carbonyl (C=O) groups is 1. The molecule has 1 N–H and O–H groups in total. The van der Waals surface area contributed by atoms with Crippen LogP contribution in [0.2, 0.25) is 0 Å². The number of nitrogens with zero attached hydrogens (tertiary/aromatic N) is 1. The number of carbonyl (C=O) groups excluding carboxylic acids is 1. The van der Waals surface area contributed by atoms with Crippen molar-refractivity contribution in [3.63, 3.8) is 0 Å². The summed E-state index contributed by atoms with van der Waals surface area (Å²) in [5, 5.41) is 9.77. The Labute approximate surface area is 160 Å². The number of aliphatic hydroxyl groups is 1. The van der Waals surface area contributed by atoms with Crippen molar-refractivity contribution in [1.29, 1.82) is 0 Å². The molecule has 1 fully saturated rings. The topological polar surface area (TPSA) is 40.5 Å². The van der Waals surface area contributed by atoms with Crippen LogP contribution in [0.25, 0.3) is 0 Å². The van der Waals surface area contributed by atoms with Gasteiger partial charge in [0.15, 0.2) is 5.60 Å². The molecule has 0 spiro atoms. The Hall–Kier alpha value is -2.41. The van der Waals surface area contributed by atoms with E-state index in [1.165, 1.54) is 24.3 Å². The molecule has 0 radical (unpaired) electrons. The van der Waals surface area contributed by atoms with Gasteiger partial charge in [-0.05, 0) is 62.1 Å². The summed E-state index contributed by atoms with van der Waals surface area (Å²) in [6, 6.07) is 10.5. The minimum atomic E-state index is -4.82. The monoisotopic (exact) mass is 395 g/mol. The highest BCUT2D eigenvalue weighted by Gasteiger charge is 2.51. The van der Waals surface area contributed by atoms with Crippen LogP contribution in [0.15, 0.2) is 48.5 Å². The molecule has 0 bridgehead atoms. The summed E-state index contributed by atoms with van der Waals surface area (Å²) < 4.78 is 52.2. The number of benzene rings is 2. The maximum atomic E-state index is 13.2. The standard InChI is InChI=1S/C21H21F4NO2/c1-13(14-5-9-17(22)10-6-14)26(18-11-12-18)19(27)15-3-7-16(8-4-15)20(2,28)21(23,24)25/h3-10,13,18,28H,11-12H2,1-2H3/t13-,20+/m1/s1. The Morgan fingerprint density at radius 3 is 2.07 bits per heavy atom. The summed E-state index contributed by atoms with van der Waals surface area (Å²) in [5.41, 5.74) is -2.31. The van der Waals surface area contributed by atoms with Crippen molar-refractivity contribution in [2.24, 2.45) is 0 Å². The molecule has 1 aliphatic carbocycles. The molecule has 2 aromatic rings. The van der Waals surface area contributed by atoms with E-state index in [-0.39, 0.29) is 34.9 Å². The Morgan fingerprint density at radius 1 is 1.07 bits per heavy atom. The first-order chi connectivity index (χ1) is 13.0. The number of alkyl halides is 3. The van der Waals surface area contributed by atoms with Crippen LogP contribution in [0.1, 0.15) is 54.2 Å². The SMILES string of the molecule is C[C@H](c1ccc(F)cc1)N(C(=O)c1ccc([C@](C)(O)C(F)(F)F)cc1)C1CC1. The van der Waals surface area contributed by atoms with E-state index < -0.39 is 11.8 Å². The van der Waals surface area contributed by atoms with Gasteiger partial charge in [-0.2, -0.15) is 13.2 Å². The quantitative estimate of drug-likeness (QED) is 0.727. The third-order valence-electron chi connectivity index (χ3n) is 5.19. The number of hydrogen-bond donors (Lipinski definition) is 1. The Balaban J connectivity index is 1.85. The van der Waals surface area contributed by atoms with E-state index in [1.807, 2.05) is 6.92 Å². The Bertz CT molecular complexity index is 840. The highest BCUT2D eigenvalue weighted by Crippen LogP contribution is 2.39. The molecule has 0 saturated heterocycles. The van der Waals surface area contributed by atoms with Crippen molar-refractivity contribution in [3.05, 3.63) is 71.0 Å². The van der Waals surface area contributed by atoms with Crippen LogP contribution in [-0.4, -0.2) is 28.1 Å². The van der Waals surface area contributed by atoms with Gasteiger partial charge in [-0.25, -0.2) is 4.39 Å². The first kappa shape index (κ1) is 20.3. The van der Waals surface area contributed by atoms with E-state index in [4.69, 9.17) is 0 Å². The van der Waals surface area contributed by atoms with Crippen molar-refractivity contribution < 1.29 is 27.5 Å². The zero-order valence-electron chi connectivity index (χ0n) is 15.5. The molecule has 2 aromatic carbocycles. The fourth-order valence-corrected chi connectivity index (χ4v) is 3.16. The zero-order valence-corrected chi connectivity index (χ0v) is 15.5. The summed E-state index contributed by atoms with van der Waals surface area (Å²) in [6.45, 7) is 2.52. The van der Waals surface area contributed by atoms with E-state index in [1.54, 1.807) is 17.0 Å². The van der Waals surface area contributed by atoms with Gasteiger partial charge in [0.05, 0.1) is 6.04 Å². The second kappa shape index (κ2) is 7.20. The van der Waals surface area contributed by atoms with Crippen LogP contribution in [-0.2, 0) is 5.60 Å². The van der Waals surface area contributed by atoms with Crippen molar-refractivity contribution in [3.8, 4) is 0 Å². The molecule has 1 saturated carbocycles. The molecular weight excluding hydrogens is 374 g/mol. The molecule has 1 amide bonds. The number of amides is 1. The molecule has 28 heavy (non-hydrogen) atoms. The molecule has 3 rings (SSSR count). The summed E-state index contributed by atoms with van der Waals surface area (Å²) in [7, 11) is 0. The first-order valence-electron chi connectivity index (χ1n) is 9.00. The fraction of sp³-hybridized carbons (Fsp3) is 0.381. The fourth-order valence-electron chi connectivity index (χ4n) is 3.16. The van der Waals surface area contributed by atoms with Gasteiger partial charge < -0.3 is 10.0 Å². The van der Waals surface area contributed by atoms with E-state index >= 15 is 0 Å². The highest BCUT2D eigenvalue weighted by atomic mass is 19.4. The lowest BCUT2D eigenvalue weighted by Crippen LogP contribution is -2.39. The van der Waals surface area contributed by atoms with Crippen LogP contribution in [0.3, 0.4) is 0 Å². The lowest BCUT2D eigenvalue weighted by atomic mass is 9.94. The molecule has 2 atom stereocenters. The molecule has 1 aliphatic rings. The molecule has 0 aliphatic heterocycles. The maximum Gasteiger partial charge on any atom is 0.421 e. The number of halogens is 4. The molecule has 0 heterocycles. The van der Waals surface area contributed by atoms with Gasteiger partial charge in [-0.3, -0.25) is 4.79 Å². The van der Waals surface area contributed by atoms with Crippen LogP contribution >= 0.6 is 0 Å². The number of rotatable bonds is 5. The van der Waals surface area contributed by atoms with Crippen molar-refractivity contribution in [1.82, 2.24) is 4.90 Å². The van der Waals surface area contributed by atoms with E-state index in [0.29, 0.717) is 6.92 Å². The predicted molar refractivity (Wildman–Crippen MR) is 96.1 cm³/mol. The average molecular weight is 395 g/mol. The normalized spacial score (nSPS) is 17.7. The molecule has 0 aromatic heterocycles. The molecular formula is C21H21F4NO2. The maximum absolute atomic E-state index is 13.2. The third kappa shape index (κ3) is 3.90. The van der Waals surface area contributed by atoms with Crippen LogP contribution < -0.4 is 0 Å². The molecule has 3 nitrogen and oxygen atoms in total. The third-order valence-corrected chi connectivity index (χ3v) is 5.19. The Kier molecular flexibility index (Phi) is 5.23. The van der Waals surface area contributed by atoms with Gasteiger partial charge in [0.25, 0.3) is 5.91 Å². The molecule has 150 valence electrons. The summed E-state index contributed by atoms with van der Waals surface area (Å²) in [6.07, 6.45) is -3.13. The van der Waals surface area contributed by atoms with E-state index in [2.05, 4.69) is 0 Å². The minimum Gasteiger partial charge on any atom is -0.376 e. The predicted octanol–water partition coefficient (Wildman–Crippen LogP) is 4.96. The van der Waals surface area contributed by atoms with Crippen molar-refractivity contribution in [2.75, 3.05) is 0 Å². The second-order valence-corrected chi connectivity index (χ2v) is 7.32. The summed E-state index contributed by atoms with van der Waals surface area (Å²) >= 11 is 0. The van der Waals surface area contributed by atoms with Gasteiger partial charge >= 0.3 is 6.18 Å². The highest BCUT2D eigenvalue weighted by molar-refractivity contribution is 5.95. The smallest absolute Gasteiger partial charge is 0.376 e. The van der Waals surface area contributed by atoms with Crippen LogP contribution in [0.4, 0.5) is 17.6 Å². The first-order valence-corrected chi connectivity index (χ1v) is 9.00. The second-order valence-electron chi connectivity index (χ2n) is 7.32. The molecule has 7 heteroatoms. The van der Waals surface area contributed by atoms with Gasteiger partial charge in [0.2, 0.25) is 0 Å². The zero-order chi connectivity index (χ0) is 20.7. The summed E-state index contributed by atoms with van der Waals surface area (Å²) in [4.78, 5) is 14.7. The van der Waals surface area contributed by atoms with Gasteiger partial charge in [0, 0.05) is 11.6 Å². The average Bonchev–Trinajstić information content (AvgIpc) is 3.46. The van der Waals surface area contributed by atoms with E-state index in [9.17, 15) is 27.5 Å². The van der Waals surface area contributed by atoms with E-state index in [0.717, 1.165) is 30.5 Å². The van der Waals surface area contributed by atoms with Crippen LogP contribution in [0, 0.1) is 5.82 Å². The largest absolute Gasteiger partial charge is 0.421 e. The molecule has 0 unspecified atom stereocenters. The van der Waals surface area contributed by atoms with Crippen molar-refractivity contribution in [2.45, 2.75) is 50.6 Å². The van der Waals surface area contributed by atoms with Gasteiger partial charge in [0.1, 0.15) is 5.82 Å².